The molecule has 6 nitrogen and oxygen atoms in total. The lowest BCUT2D eigenvalue weighted by Crippen LogP contribution is -2.45. The Bertz CT molecular complexity index is 814. The molecule has 1 saturated heterocycles. The molecule has 4 heterocycles. The van der Waals surface area contributed by atoms with Gasteiger partial charge in [0.1, 0.15) is 0 Å². The molecule has 1 fully saturated rings. The van der Waals surface area contributed by atoms with Crippen molar-refractivity contribution >= 4 is 0 Å². The van der Waals surface area contributed by atoms with Gasteiger partial charge in [-0.15, -0.1) is 0 Å². The van der Waals surface area contributed by atoms with E-state index in [1.807, 2.05) is 35.3 Å². The zero-order valence-corrected chi connectivity index (χ0v) is 14.3. The Morgan fingerprint density at radius 2 is 2.04 bits per heavy atom. The number of aryl methyl sites for hydroxylation is 1. The normalized spacial score (nSPS) is 18.4. The number of rotatable bonds is 4. The SMILES string of the molecule is Cc1nn(-c2ccncc2)cc1CN1CCNCC1c1cccnc1. The van der Waals surface area contributed by atoms with Crippen molar-refractivity contribution in [1.82, 2.24) is 30.0 Å². The molecule has 0 saturated carbocycles. The lowest BCUT2D eigenvalue weighted by atomic mass is 10.0. The molecule has 0 bridgehead atoms. The first-order valence-corrected chi connectivity index (χ1v) is 8.61. The molecule has 6 heteroatoms. The zero-order valence-electron chi connectivity index (χ0n) is 14.3. The first-order chi connectivity index (χ1) is 12.3. The van der Waals surface area contributed by atoms with Crippen molar-refractivity contribution in [3.63, 3.8) is 0 Å². The maximum Gasteiger partial charge on any atom is 0.0676 e. The number of nitrogens with zero attached hydrogens (tertiary/aromatic N) is 5. The highest BCUT2D eigenvalue weighted by Gasteiger charge is 2.25. The van der Waals surface area contributed by atoms with Gasteiger partial charge in [-0.2, -0.15) is 5.10 Å². The fourth-order valence-electron chi connectivity index (χ4n) is 3.34. The summed E-state index contributed by atoms with van der Waals surface area (Å²) in [6.07, 6.45) is 9.51. The summed E-state index contributed by atoms with van der Waals surface area (Å²) in [7, 11) is 0. The summed E-state index contributed by atoms with van der Waals surface area (Å²) in [5, 5.41) is 8.18. The second-order valence-electron chi connectivity index (χ2n) is 6.37. The minimum atomic E-state index is 0.339. The maximum atomic E-state index is 4.68. The number of pyridine rings is 2. The van der Waals surface area contributed by atoms with Crippen molar-refractivity contribution in [2.24, 2.45) is 0 Å². The first-order valence-electron chi connectivity index (χ1n) is 8.61. The lowest BCUT2D eigenvalue weighted by molar-refractivity contribution is 0.153. The van der Waals surface area contributed by atoms with Crippen molar-refractivity contribution in [3.8, 4) is 5.69 Å². The van der Waals surface area contributed by atoms with Crippen molar-refractivity contribution in [2.45, 2.75) is 19.5 Å². The molecule has 1 unspecified atom stereocenters. The lowest BCUT2D eigenvalue weighted by Gasteiger charge is -2.36. The van der Waals surface area contributed by atoms with Crippen LogP contribution in [0.2, 0.25) is 0 Å². The summed E-state index contributed by atoms with van der Waals surface area (Å²) in [5.41, 5.74) is 4.62. The van der Waals surface area contributed by atoms with Crippen LogP contribution in [0.4, 0.5) is 0 Å². The predicted molar refractivity (Wildman–Crippen MR) is 96.4 cm³/mol. The molecule has 128 valence electrons. The van der Waals surface area contributed by atoms with Crippen molar-refractivity contribution in [3.05, 3.63) is 72.1 Å². The fourth-order valence-corrected chi connectivity index (χ4v) is 3.34. The van der Waals surface area contributed by atoms with E-state index in [0.717, 1.165) is 37.6 Å². The number of piperazine rings is 1. The largest absolute Gasteiger partial charge is 0.314 e. The fraction of sp³-hybridized carbons (Fsp3) is 0.316. The molecular weight excluding hydrogens is 312 g/mol. The smallest absolute Gasteiger partial charge is 0.0676 e. The highest BCUT2D eigenvalue weighted by molar-refractivity contribution is 5.30. The highest BCUT2D eigenvalue weighted by Crippen LogP contribution is 2.24. The molecule has 0 radical (unpaired) electrons. The molecule has 4 rings (SSSR count). The van der Waals surface area contributed by atoms with Gasteiger partial charge in [-0.05, 0) is 30.7 Å². The van der Waals surface area contributed by atoms with Gasteiger partial charge in [0.15, 0.2) is 0 Å². The monoisotopic (exact) mass is 334 g/mol. The van der Waals surface area contributed by atoms with Crippen LogP contribution in [0.25, 0.3) is 5.69 Å². The third-order valence-electron chi connectivity index (χ3n) is 4.72. The first kappa shape index (κ1) is 15.9. The van der Waals surface area contributed by atoms with E-state index in [2.05, 4.69) is 44.5 Å². The molecule has 0 amide bonds. The van der Waals surface area contributed by atoms with Gasteiger partial charge in [0, 0.05) is 68.8 Å². The second-order valence-corrected chi connectivity index (χ2v) is 6.37. The maximum absolute atomic E-state index is 4.68. The minimum Gasteiger partial charge on any atom is -0.314 e. The van der Waals surface area contributed by atoms with E-state index >= 15 is 0 Å². The molecule has 1 aliphatic rings. The second kappa shape index (κ2) is 7.13. The Hall–Kier alpha value is -2.57. The summed E-state index contributed by atoms with van der Waals surface area (Å²) in [5.74, 6) is 0. The van der Waals surface area contributed by atoms with Crippen LogP contribution in [0.3, 0.4) is 0 Å². The molecule has 1 N–H and O–H groups in total. The zero-order chi connectivity index (χ0) is 17.1. The van der Waals surface area contributed by atoms with E-state index in [1.54, 1.807) is 12.4 Å². The number of hydrogen-bond acceptors (Lipinski definition) is 5. The Morgan fingerprint density at radius 3 is 2.84 bits per heavy atom. The predicted octanol–water partition coefficient (Wildman–Crippen LogP) is 2.12. The quantitative estimate of drug-likeness (QED) is 0.792. The van der Waals surface area contributed by atoms with Crippen LogP contribution in [0.5, 0.6) is 0 Å². The number of hydrogen-bond donors (Lipinski definition) is 1. The third kappa shape index (κ3) is 3.45. The summed E-state index contributed by atoms with van der Waals surface area (Å²) in [6, 6.07) is 8.45. The molecule has 1 atom stereocenters. The van der Waals surface area contributed by atoms with Gasteiger partial charge in [0.25, 0.3) is 0 Å². The van der Waals surface area contributed by atoms with E-state index in [4.69, 9.17) is 0 Å². The summed E-state index contributed by atoms with van der Waals surface area (Å²) in [4.78, 5) is 10.9. The number of nitrogens with one attached hydrogen (secondary N) is 1. The Labute approximate surface area is 147 Å². The van der Waals surface area contributed by atoms with Crippen LogP contribution < -0.4 is 5.32 Å². The molecule has 3 aromatic rings. The van der Waals surface area contributed by atoms with E-state index in [-0.39, 0.29) is 0 Å². The van der Waals surface area contributed by atoms with Crippen LogP contribution in [0.1, 0.15) is 22.9 Å². The molecule has 0 aliphatic carbocycles. The van der Waals surface area contributed by atoms with Gasteiger partial charge in [-0.1, -0.05) is 6.07 Å². The van der Waals surface area contributed by atoms with E-state index in [1.165, 1.54) is 11.1 Å². The molecule has 0 spiro atoms. The van der Waals surface area contributed by atoms with Crippen molar-refractivity contribution < 1.29 is 0 Å². The third-order valence-corrected chi connectivity index (χ3v) is 4.72. The summed E-state index contributed by atoms with van der Waals surface area (Å²) >= 11 is 0. The van der Waals surface area contributed by atoms with Crippen molar-refractivity contribution in [1.29, 1.82) is 0 Å². The van der Waals surface area contributed by atoms with Crippen LogP contribution in [-0.4, -0.2) is 44.3 Å². The Kier molecular flexibility index (Phi) is 4.54. The molecular formula is C19H22N6. The van der Waals surface area contributed by atoms with Crippen LogP contribution in [0, 0.1) is 6.92 Å². The van der Waals surface area contributed by atoms with Gasteiger partial charge in [0.05, 0.1) is 11.4 Å². The van der Waals surface area contributed by atoms with Gasteiger partial charge < -0.3 is 5.32 Å². The van der Waals surface area contributed by atoms with E-state index in [0.29, 0.717) is 6.04 Å². The van der Waals surface area contributed by atoms with Gasteiger partial charge in [-0.25, -0.2) is 4.68 Å². The average Bonchev–Trinajstić information content (AvgIpc) is 3.04. The van der Waals surface area contributed by atoms with Gasteiger partial charge in [0.2, 0.25) is 0 Å². The van der Waals surface area contributed by atoms with Gasteiger partial charge in [-0.3, -0.25) is 14.9 Å². The highest BCUT2D eigenvalue weighted by atomic mass is 15.3. The van der Waals surface area contributed by atoms with Crippen LogP contribution >= 0.6 is 0 Å². The average molecular weight is 334 g/mol. The molecule has 25 heavy (non-hydrogen) atoms. The van der Waals surface area contributed by atoms with E-state index < -0.39 is 0 Å². The number of aromatic nitrogens is 4. The van der Waals surface area contributed by atoms with Crippen LogP contribution in [-0.2, 0) is 6.54 Å². The molecule has 3 aromatic heterocycles. The molecule has 0 aromatic carbocycles. The summed E-state index contributed by atoms with van der Waals surface area (Å²) in [6.45, 7) is 5.93. The standard InChI is InChI=1S/C19H22N6/c1-15-17(14-25(23-15)18-4-7-20-8-5-18)13-24-10-9-22-12-19(24)16-3-2-6-21-11-16/h2-8,11,14,19,22H,9-10,12-13H2,1H3. The van der Waals surface area contributed by atoms with Crippen molar-refractivity contribution in [2.75, 3.05) is 19.6 Å². The Balaban J connectivity index is 1.57. The molecule has 1 aliphatic heterocycles. The topological polar surface area (TPSA) is 58.9 Å². The van der Waals surface area contributed by atoms with E-state index in [9.17, 15) is 0 Å². The van der Waals surface area contributed by atoms with Gasteiger partial charge >= 0.3 is 0 Å². The Morgan fingerprint density at radius 1 is 1.16 bits per heavy atom. The summed E-state index contributed by atoms with van der Waals surface area (Å²) < 4.78 is 1.94. The van der Waals surface area contributed by atoms with Crippen LogP contribution in [0.15, 0.2) is 55.2 Å². The minimum absolute atomic E-state index is 0.339.